The molecule has 7 nitrogen and oxygen atoms in total. The van der Waals surface area contributed by atoms with Crippen molar-refractivity contribution in [1.29, 1.82) is 5.26 Å². The van der Waals surface area contributed by atoms with Crippen LogP contribution in [-0.2, 0) is 22.1 Å². The van der Waals surface area contributed by atoms with Crippen LogP contribution in [0.15, 0.2) is 117 Å². The molecule has 1 heterocycles. The van der Waals surface area contributed by atoms with E-state index in [4.69, 9.17) is 145 Å². The van der Waals surface area contributed by atoms with Crippen LogP contribution in [0.5, 0.6) is 0 Å². The molecule has 92 heavy (non-hydrogen) atoms. The zero-order valence-electron chi connectivity index (χ0n) is 53.5. The van der Waals surface area contributed by atoms with Crippen molar-refractivity contribution in [2.45, 2.75) is 176 Å². The fourth-order valence-corrected chi connectivity index (χ4v) is 9.05. The minimum absolute atomic E-state index is 0.194. The van der Waals surface area contributed by atoms with Gasteiger partial charge < -0.3 is 5.11 Å². The van der Waals surface area contributed by atoms with Crippen molar-refractivity contribution >= 4 is 210 Å². The van der Waals surface area contributed by atoms with Gasteiger partial charge in [-0.1, -0.05) is 226 Å². The molecule has 6 aromatic rings. The summed E-state index contributed by atoms with van der Waals surface area (Å²) in [5, 5.41) is 17.9. The van der Waals surface area contributed by atoms with Gasteiger partial charge in [0.25, 0.3) is 0 Å². The van der Waals surface area contributed by atoms with Crippen molar-refractivity contribution in [1.82, 2.24) is 15.0 Å². The first kappa shape index (κ1) is 94.2. The van der Waals surface area contributed by atoms with Crippen LogP contribution in [0.2, 0.25) is 0 Å². The molecule has 0 spiro atoms. The Kier molecular flexibility index (Phi) is 62.6. The average molecular weight is 1860 g/mol. The quantitative estimate of drug-likeness (QED) is 0.0249. The molecule has 26 heteroatoms. The van der Waals surface area contributed by atoms with Crippen LogP contribution < -0.4 is 0 Å². The molecule has 0 bridgehead atoms. The van der Waals surface area contributed by atoms with Crippen LogP contribution in [-0.4, -0.2) is 65.1 Å². The second kappa shape index (κ2) is 61.1. The maximum atomic E-state index is 10.8. The number of hydrogen-bond acceptors (Lipinski definition) is 6. The first-order valence-corrected chi connectivity index (χ1v) is 54.0. The van der Waals surface area contributed by atoms with Crippen LogP contribution in [0.4, 0.5) is 4.39 Å². The van der Waals surface area contributed by atoms with Gasteiger partial charge in [-0.2, -0.15) is 5.26 Å². The summed E-state index contributed by atoms with van der Waals surface area (Å²) < 4.78 is 27.8. The maximum absolute atomic E-state index is 10.8. The number of nitrogens with zero attached hydrogens (tertiary/aromatic N) is 4. The molecule has 0 saturated carbocycles. The number of carbonyl (C=O) groups is 1. The Morgan fingerprint density at radius 2 is 0.761 bits per heavy atom. The fourth-order valence-electron chi connectivity index (χ4n) is 8.31. The Morgan fingerprint density at radius 3 is 1.03 bits per heavy atom. The van der Waals surface area contributed by atoms with E-state index in [-0.39, 0.29) is 16.0 Å². The van der Waals surface area contributed by atoms with Gasteiger partial charge in [0, 0.05) is 51.5 Å². The Morgan fingerprint density at radius 1 is 0.511 bits per heavy atom. The number of benzene rings is 5. The van der Waals surface area contributed by atoms with E-state index >= 15 is 0 Å². The van der Waals surface area contributed by atoms with Crippen molar-refractivity contribution in [3.05, 3.63) is 155 Å². The van der Waals surface area contributed by atoms with Crippen molar-refractivity contribution in [3.63, 3.8) is 0 Å². The summed E-state index contributed by atoms with van der Waals surface area (Å²) in [5.41, 5.74) is 10.1. The summed E-state index contributed by atoms with van der Waals surface area (Å²) in [5.74, 6) is 1.23. The van der Waals surface area contributed by atoms with Crippen LogP contribution in [0.25, 0.3) is 34.2 Å². The zero-order chi connectivity index (χ0) is 71.1. The number of alkyl halides is 7. The van der Waals surface area contributed by atoms with E-state index in [0.29, 0.717) is 28.6 Å². The molecule has 5 aromatic carbocycles. The van der Waals surface area contributed by atoms with Gasteiger partial charge >= 0.3 is 61.8 Å². The number of carboxylic acid groups (broad SMARTS) is 1. The zero-order valence-corrected chi connectivity index (χ0v) is 70.5. The molecule has 0 fully saturated rings. The number of unbranched alkanes of at least 4 members (excludes halogenated alkanes) is 18. The van der Waals surface area contributed by atoms with E-state index in [1.54, 1.807) is 18.2 Å². The summed E-state index contributed by atoms with van der Waals surface area (Å²) in [6, 6.07) is 36.1. The number of carboxylic acids is 1. The van der Waals surface area contributed by atoms with Gasteiger partial charge in [-0.05, 0) is 129 Å². The summed E-state index contributed by atoms with van der Waals surface area (Å²) >= 11 is 34.8. The van der Waals surface area contributed by atoms with Gasteiger partial charge in [-0.3, -0.25) is 4.39 Å². The topological polar surface area (TPSA) is 117 Å². The van der Waals surface area contributed by atoms with Crippen LogP contribution in [0, 0.1) is 32.1 Å². The number of aryl methyl sites for hydroxylation is 5. The van der Waals surface area contributed by atoms with E-state index in [1.807, 2.05) is 31.2 Å². The van der Waals surface area contributed by atoms with Gasteiger partial charge in [0.1, 0.15) is 0 Å². The molecule has 0 amide bonds. The Bertz CT molecular complexity index is 2870. The van der Waals surface area contributed by atoms with Gasteiger partial charge in [0.05, 0.1) is 41.7 Å². The Balaban J connectivity index is -0.00000126. The van der Waals surface area contributed by atoms with Crippen LogP contribution in [0.3, 0.4) is 0 Å². The Labute approximate surface area is 636 Å². The van der Waals surface area contributed by atoms with Crippen molar-refractivity contribution < 1.29 is 19.9 Å². The van der Waals surface area contributed by atoms with E-state index in [1.165, 1.54) is 140 Å². The van der Waals surface area contributed by atoms with E-state index in [9.17, 15) is 9.18 Å². The van der Waals surface area contributed by atoms with E-state index in [0.717, 1.165) is 59.6 Å². The molecule has 1 N–H and O–H groups in total. The molecule has 518 valence electrons. The minimum atomic E-state index is -4.33. The normalized spacial score (nSPS) is 10.7. The molecule has 6 rings (SSSR count). The predicted molar refractivity (Wildman–Crippen MR) is 421 cm³/mol. The third kappa shape index (κ3) is 56.0. The predicted octanol–water partition coefficient (Wildman–Crippen LogP) is 28.9. The Hall–Kier alpha value is 0.178. The van der Waals surface area contributed by atoms with E-state index in [2.05, 4.69) is 164 Å². The molecular formula is C66H86Br3Cl13FN4O3SSb. The van der Waals surface area contributed by atoms with Gasteiger partial charge in [-0.15, -0.1) is 69.6 Å². The first-order valence-electron chi connectivity index (χ1n) is 30.2. The molecule has 0 atom stereocenters. The first-order chi connectivity index (χ1) is 44.0. The van der Waals surface area contributed by atoms with Gasteiger partial charge in [-0.25, -0.2) is 24.0 Å². The summed E-state index contributed by atoms with van der Waals surface area (Å²) in [4.78, 5) is 25.5. The average Bonchev–Trinajstić information content (AvgIpc) is 0.846. The molecular weight excluding hydrogens is 1770 g/mol. The van der Waals surface area contributed by atoms with Crippen molar-refractivity contribution in [2.75, 3.05) is 23.2 Å². The van der Waals surface area contributed by atoms with Crippen LogP contribution in [0.1, 0.15) is 187 Å². The fraction of sp³-hybridized carbons (Fsp3) is 0.470. The SMILES string of the molecule is CCCCCCCCCCCCc1ccc(-c2nc(-c3ccc(Br)c(C)c3)nc(-c3ccc(Br)c(C)c3)n2)cc1.CCCCCCCCCCCCc1ccc(C(=O)O)cc1.Cc1cc(C#N)ccc1Br.ClCCl.ClCCl.ClCCl.O=S(Cl)Cl.[2H]CF.[Cl][Sb]([Cl])([Cl])([Cl])[Cl]. The molecule has 0 radical (unpaired) electrons. The van der Waals surface area contributed by atoms with Crippen LogP contribution >= 0.6 is 183 Å². The number of rotatable bonds is 26. The number of hydrogen-bond donors (Lipinski definition) is 1. The molecule has 0 aliphatic heterocycles. The summed E-state index contributed by atoms with van der Waals surface area (Å²) in [7, 11) is 31.6. The summed E-state index contributed by atoms with van der Waals surface area (Å²) in [6.07, 6.45) is 29.4. The van der Waals surface area contributed by atoms with Crippen molar-refractivity contribution in [3.8, 4) is 40.2 Å². The molecule has 0 saturated heterocycles. The standard InChI is InChI=1S/C35H41Br2N3.C19H30O2.C8H6BrN.3CH2Cl2.CH3F.Cl2OS.5ClH.Sb/c1-4-5-6-7-8-9-10-11-12-13-14-27-15-17-28(18-16-27)33-38-34(29-19-21-31(36)25(2)23-29)40-35(39-33)30-20-22-32(37)26(3)24-30;1-2-3-4-5-6-7-8-9-10-11-12-17-13-15-18(16-14-17)19(20)21;1-6-4-7(5-10)2-3-8(6)9;3*2-1-3;1-2;1-4(2)3;;;;;;/h15-24H,4-14H2,1-3H3;13-16H,2-12H2,1H3,(H,20,21);2-4H,1H3;3*1H2;1H3;;5*1H;/q;;;;;;;;;;;;;+5/p-5/i;;;;;;1D;;;;;;;. The van der Waals surface area contributed by atoms with Gasteiger partial charge in [0.15, 0.2) is 17.5 Å². The number of aromatic nitrogens is 3. The number of aromatic carboxylic acids is 1. The van der Waals surface area contributed by atoms with Gasteiger partial charge in [0.2, 0.25) is 9.23 Å². The molecule has 0 unspecified atom stereocenters. The second-order valence-corrected chi connectivity index (χ2v) is 65.4. The third-order valence-corrected chi connectivity index (χ3v) is 15.5. The molecule has 1 aromatic heterocycles. The number of nitriles is 1. The number of halogens is 17. The molecule has 0 aliphatic rings. The third-order valence-electron chi connectivity index (χ3n) is 12.8. The summed E-state index contributed by atoms with van der Waals surface area (Å²) in [6.45, 7) is 10.7. The van der Waals surface area contributed by atoms with E-state index < -0.39 is 34.0 Å². The van der Waals surface area contributed by atoms with Crippen molar-refractivity contribution in [2.24, 2.45) is 0 Å². The second-order valence-electron chi connectivity index (χ2n) is 20.0. The molecule has 0 aliphatic carbocycles. The monoisotopic (exact) mass is 1850 g/mol.